The molecule has 1 aromatic carbocycles. The van der Waals surface area contributed by atoms with E-state index < -0.39 is 6.04 Å². The van der Waals surface area contributed by atoms with Gasteiger partial charge in [-0.15, -0.1) is 10.2 Å². The number of ether oxygens (including phenoxy) is 1. The summed E-state index contributed by atoms with van der Waals surface area (Å²) in [6.45, 7) is 7.96. The van der Waals surface area contributed by atoms with Crippen molar-refractivity contribution in [3.8, 4) is 5.75 Å². The van der Waals surface area contributed by atoms with E-state index >= 15 is 0 Å². The molecule has 0 aliphatic carbocycles. The first-order valence-corrected chi connectivity index (χ1v) is 9.70. The van der Waals surface area contributed by atoms with Gasteiger partial charge in [-0.25, -0.2) is 0 Å². The SMILES string of the molecule is COc1ccc(C(=O)N[C@H](C(=O)Nc2nnc(CC(C)C)s2)C(C)C)cc1. The van der Waals surface area contributed by atoms with Crippen molar-refractivity contribution in [1.29, 1.82) is 0 Å². The van der Waals surface area contributed by atoms with E-state index in [0.717, 1.165) is 11.4 Å². The molecule has 0 saturated carbocycles. The first-order valence-electron chi connectivity index (χ1n) is 8.88. The Morgan fingerprint density at radius 1 is 1.11 bits per heavy atom. The van der Waals surface area contributed by atoms with Crippen LogP contribution in [0, 0.1) is 11.8 Å². The number of nitrogens with zero attached hydrogens (tertiary/aromatic N) is 2. The second-order valence-corrected chi connectivity index (χ2v) is 8.07. The molecule has 0 fully saturated rings. The Balaban J connectivity index is 2.03. The maximum absolute atomic E-state index is 12.6. The molecule has 0 bridgehead atoms. The molecule has 27 heavy (non-hydrogen) atoms. The standard InChI is InChI=1S/C19H26N4O3S/c1-11(2)10-15-22-23-19(27-15)21-18(25)16(12(3)4)20-17(24)13-6-8-14(26-5)9-7-13/h6-9,11-12,16H,10H2,1-5H3,(H,20,24)(H,21,23,25)/t16-/m0/s1. The van der Waals surface area contributed by atoms with Crippen LogP contribution in [0.4, 0.5) is 5.13 Å². The van der Waals surface area contributed by atoms with Crippen molar-refractivity contribution in [2.45, 2.75) is 40.2 Å². The second-order valence-electron chi connectivity index (χ2n) is 7.01. The Hall–Kier alpha value is -2.48. The Morgan fingerprint density at radius 3 is 2.33 bits per heavy atom. The zero-order chi connectivity index (χ0) is 20.0. The highest BCUT2D eigenvalue weighted by Gasteiger charge is 2.25. The van der Waals surface area contributed by atoms with Gasteiger partial charge in [-0.3, -0.25) is 14.9 Å². The number of aromatic nitrogens is 2. The lowest BCUT2D eigenvalue weighted by Crippen LogP contribution is -2.47. The quantitative estimate of drug-likeness (QED) is 0.722. The molecular weight excluding hydrogens is 364 g/mol. The van der Waals surface area contributed by atoms with Gasteiger partial charge in [0.25, 0.3) is 5.91 Å². The minimum atomic E-state index is -0.683. The van der Waals surface area contributed by atoms with Gasteiger partial charge >= 0.3 is 0 Å². The van der Waals surface area contributed by atoms with Gasteiger partial charge in [0, 0.05) is 12.0 Å². The van der Waals surface area contributed by atoms with E-state index in [9.17, 15) is 9.59 Å². The number of carbonyl (C=O) groups excluding carboxylic acids is 2. The number of anilines is 1. The highest BCUT2D eigenvalue weighted by molar-refractivity contribution is 7.15. The molecule has 7 nitrogen and oxygen atoms in total. The van der Waals surface area contributed by atoms with Crippen molar-refractivity contribution < 1.29 is 14.3 Å². The average Bonchev–Trinajstić information content (AvgIpc) is 3.05. The third kappa shape index (κ3) is 6.02. The van der Waals surface area contributed by atoms with Gasteiger partial charge in [0.15, 0.2) is 0 Å². The van der Waals surface area contributed by atoms with E-state index in [4.69, 9.17) is 4.74 Å². The highest BCUT2D eigenvalue weighted by Crippen LogP contribution is 2.19. The molecule has 0 aliphatic rings. The minimum Gasteiger partial charge on any atom is -0.497 e. The number of benzene rings is 1. The summed E-state index contributed by atoms with van der Waals surface area (Å²) in [6.07, 6.45) is 0.815. The van der Waals surface area contributed by atoms with E-state index in [2.05, 4.69) is 34.7 Å². The summed E-state index contributed by atoms with van der Waals surface area (Å²) in [5.74, 6) is 0.422. The van der Waals surface area contributed by atoms with E-state index in [-0.39, 0.29) is 17.7 Å². The van der Waals surface area contributed by atoms with Gasteiger partial charge in [-0.05, 0) is 36.1 Å². The van der Waals surface area contributed by atoms with E-state index in [0.29, 0.717) is 22.4 Å². The molecule has 0 saturated heterocycles. The third-order valence-corrected chi connectivity index (χ3v) is 4.73. The number of hydrogen-bond acceptors (Lipinski definition) is 6. The predicted molar refractivity (Wildman–Crippen MR) is 106 cm³/mol. The van der Waals surface area contributed by atoms with Crippen LogP contribution in [0.15, 0.2) is 24.3 Å². The molecule has 0 unspecified atom stereocenters. The second kappa shape index (κ2) is 9.45. The number of rotatable bonds is 8. The monoisotopic (exact) mass is 390 g/mol. The molecule has 2 rings (SSSR count). The fourth-order valence-electron chi connectivity index (χ4n) is 2.42. The normalized spacial score (nSPS) is 12.1. The maximum atomic E-state index is 12.6. The number of carbonyl (C=O) groups is 2. The van der Waals surface area contributed by atoms with Crippen molar-refractivity contribution in [1.82, 2.24) is 15.5 Å². The summed E-state index contributed by atoms with van der Waals surface area (Å²) in [5, 5.41) is 15.0. The van der Waals surface area contributed by atoms with Gasteiger partial charge in [0.1, 0.15) is 16.8 Å². The molecular formula is C19H26N4O3S. The van der Waals surface area contributed by atoms with Crippen LogP contribution in [-0.2, 0) is 11.2 Å². The average molecular weight is 391 g/mol. The topological polar surface area (TPSA) is 93.2 Å². The van der Waals surface area contributed by atoms with Crippen LogP contribution in [0.1, 0.15) is 43.1 Å². The highest BCUT2D eigenvalue weighted by atomic mass is 32.1. The molecule has 1 aromatic heterocycles. The van der Waals surface area contributed by atoms with Gasteiger partial charge in [-0.2, -0.15) is 0 Å². The fourth-order valence-corrected chi connectivity index (χ4v) is 3.38. The number of methoxy groups -OCH3 is 1. The van der Waals surface area contributed by atoms with Gasteiger partial charge in [0.2, 0.25) is 11.0 Å². The summed E-state index contributed by atoms with van der Waals surface area (Å²) in [4.78, 5) is 25.1. The van der Waals surface area contributed by atoms with Crippen LogP contribution in [0.3, 0.4) is 0 Å². The zero-order valence-corrected chi connectivity index (χ0v) is 17.1. The molecule has 0 spiro atoms. The summed E-state index contributed by atoms with van der Waals surface area (Å²) >= 11 is 1.36. The van der Waals surface area contributed by atoms with Gasteiger partial charge in [-0.1, -0.05) is 39.0 Å². The lowest BCUT2D eigenvalue weighted by Gasteiger charge is -2.21. The summed E-state index contributed by atoms with van der Waals surface area (Å²) in [7, 11) is 1.56. The van der Waals surface area contributed by atoms with Crippen LogP contribution in [0.2, 0.25) is 0 Å². The zero-order valence-electron chi connectivity index (χ0n) is 16.3. The van der Waals surface area contributed by atoms with Crippen molar-refractivity contribution in [2.24, 2.45) is 11.8 Å². The van der Waals surface area contributed by atoms with E-state index in [1.54, 1.807) is 31.4 Å². The molecule has 146 valence electrons. The van der Waals surface area contributed by atoms with Crippen molar-refractivity contribution in [3.05, 3.63) is 34.8 Å². The van der Waals surface area contributed by atoms with Crippen molar-refractivity contribution >= 4 is 28.3 Å². The van der Waals surface area contributed by atoms with E-state index in [1.807, 2.05) is 13.8 Å². The van der Waals surface area contributed by atoms with E-state index in [1.165, 1.54) is 11.3 Å². The molecule has 2 N–H and O–H groups in total. The maximum Gasteiger partial charge on any atom is 0.251 e. The number of amides is 2. The number of nitrogens with one attached hydrogen (secondary N) is 2. The Bertz CT molecular complexity index is 772. The minimum absolute atomic E-state index is 0.0877. The predicted octanol–water partition coefficient (Wildman–Crippen LogP) is 3.14. The van der Waals surface area contributed by atoms with Crippen LogP contribution in [0.5, 0.6) is 5.75 Å². The Labute approximate surface area is 163 Å². The Morgan fingerprint density at radius 2 is 1.78 bits per heavy atom. The molecule has 8 heteroatoms. The van der Waals surface area contributed by atoms with Crippen molar-refractivity contribution in [3.63, 3.8) is 0 Å². The molecule has 1 atom stereocenters. The van der Waals surface area contributed by atoms with Crippen LogP contribution in [-0.4, -0.2) is 35.2 Å². The van der Waals surface area contributed by atoms with Crippen molar-refractivity contribution in [2.75, 3.05) is 12.4 Å². The molecule has 2 aromatic rings. The van der Waals surface area contributed by atoms with Gasteiger partial charge < -0.3 is 10.1 Å². The summed E-state index contributed by atoms with van der Waals surface area (Å²) < 4.78 is 5.09. The van der Waals surface area contributed by atoms with Crippen LogP contribution >= 0.6 is 11.3 Å². The summed E-state index contributed by atoms with van der Waals surface area (Å²) in [5.41, 5.74) is 0.462. The summed E-state index contributed by atoms with van der Waals surface area (Å²) in [6, 6.07) is 6.05. The lowest BCUT2D eigenvalue weighted by molar-refractivity contribution is -0.118. The Kier molecular flexibility index (Phi) is 7.29. The largest absolute Gasteiger partial charge is 0.497 e. The molecule has 2 amide bonds. The molecule has 1 heterocycles. The smallest absolute Gasteiger partial charge is 0.251 e. The molecule has 0 aliphatic heterocycles. The fraction of sp³-hybridized carbons (Fsp3) is 0.474. The lowest BCUT2D eigenvalue weighted by atomic mass is 10.0. The molecule has 0 radical (unpaired) electrons. The third-order valence-electron chi connectivity index (χ3n) is 3.87. The first-order chi connectivity index (χ1) is 12.8. The van der Waals surface area contributed by atoms with Crippen LogP contribution < -0.4 is 15.4 Å². The van der Waals surface area contributed by atoms with Crippen LogP contribution in [0.25, 0.3) is 0 Å². The van der Waals surface area contributed by atoms with Gasteiger partial charge in [0.05, 0.1) is 7.11 Å². The number of hydrogen-bond donors (Lipinski definition) is 2. The first kappa shape index (κ1) is 20.8.